The van der Waals surface area contributed by atoms with Gasteiger partial charge in [0.15, 0.2) is 5.82 Å². The molecule has 1 aliphatic carbocycles. The summed E-state index contributed by atoms with van der Waals surface area (Å²) in [5, 5.41) is 6.98. The monoisotopic (exact) mass is 303 g/mol. The van der Waals surface area contributed by atoms with Crippen LogP contribution in [0.5, 0.6) is 0 Å². The maximum atomic E-state index is 11.9. The highest BCUT2D eigenvalue weighted by Gasteiger charge is 2.20. The topological polar surface area (TPSA) is 100 Å². The molecule has 0 bridgehead atoms. The Morgan fingerprint density at radius 1 is 1.45 bits per heavy atom. The van der Waals surface area contributed by atoms with Gasteiger partial charge in [0.2, 0.25) is 6.39 Å². The molecule has 0 atom stereocenters. The van der Waals surface area contributed by atoms with Gasteiger partial charge in [0.25, 0.3) is 10.2 Å². The van der Waals surface area contributed by atoms with E-state index < -0.39 is 10.2 Å². The number of nitrogens with zero attached hydrogens (tertiary/aromatic N) is 3. The fourth-order valence-corrected chi connectivity index (χ4v) is 2.67. The van der Waals surface area contributed by atoms with Crippen molar-refractivity contribution in [2.45, 2.75) is 31.7 Å². The first-order valence-electron chi connectivity index (χ1n) is 6.77. The minimum absolute atomic E-state index is 0.256. The van der Waals surface area contributed by atoms with Crippen LogP contribution in [0.15, 0.2) is 10.9 Å². The zero-order valence-electron chi connectivity index (χ0n) is 11.6. The molecule has 9 heteroatoms. The number of rotatable bonds is 10. The van der Waals surface area contributed by atoms with Crippen LogP contribution in [0.25, 0.3) is 0 Å². The van der Waals surface area contributed by atoms with Crippen molar-refractivity contribution in [1.29, 1.82) is 0 Å². The van der Waals surface area contributed by atoms with Crippen LogP contribution in [-0.4, -0.2) is 55.6 Å². The normalized spacial score (nSPS) is 15.9. The standard InChI is InChI=1S/C11H21N5O3S/c1-16(8-2-6-12-10-3-4-10)20(17,18)14-7-5-11-13-9-19-15-11/h9-10,12,14H,2-8H2,1H3. The number of hydrogen-bond acceptors (Lipinski definition) is 6. The molecule has 20 heavy (non-hydrogen) atoms. The van der Waals surface area contributed by atoms with Gasteiger partial charge in [0.1, 0.15) is 0 Å². The van der Waals surface area contributed by atoms with Gasteiger partial charge < -0.3 is 9.84 Å². The minimum atomic E-state index is -3.43. The second kappa shape index (κ2) is 7.11. The molecule has 8 nitrogen and oxygen atoms in total. The molecule has 1 saturated carbocycles. The molecule has 1 aliphatic rings. The lowest BCUT2D eigenvalue weighted by atomic mass is 10.4. The summed E-state index contributed by atoms with van der Waals surface area (Å²) in [5.74, 6) is 0.490. The van der Waals surface area contributed by atoms with E-state index in [1.54, 1.807) is 7.05 Å². The predicted octanol–water partition coefficient (Wildman–Crippen LogP) is -0.480. The van der Waals surface area contributed by atoms with Crippen molar-refractivity contribution < 1.29 is 12.9 Å². The molecule has 0 aromatic carbocycles. The van der Waals surface area contributed by atoms with Crippen LogP contribution in [0.3, 0.4) is 0 Å². The lowest BCUT2D eigenvalue weighted by molar-refractivity contribution is 0.409. The van der Waals surface area contributed by atoms with Crippen molar-refractivity contribution in [2.75, 3.05) is 26.7 Å². The first kappa shape index (κ1) is 15.4. The van der Waals surface area contributed by atoms with E-state index in [4.69, 9.17) is 0 Å². The molecule has 0 amide bonds. The average Bonchev–Trinajstić information content (AvgIpc) is 3.09. The highest BCUT2D eigenvalue weighted by Crippen LogP contribution is 2.18. The number of nitrogens with one attached hydrogen (secondary N) is 2. The molecular formula is C11H21N5O3S. The summed E-state index contributed by atoms with van der Waals surface area (Å²) in [6, 6.07) is 0.657. The molecule has 1 fully saturated rings. The minimum Gasteiger partial charge on any atom is -0.343 e. The lowest BCUT2D eigenvalue weighted by Gasteiger charge is -2.17. The maximum absolute atomic E-state index is 11.9. The molecule has 0 radical (unpaired) electrons. The van der Waals surface area contributed by atoms with Gasteiger partial charge >= 0.3 is 0 Å². The van der Waals surface area contributed by atoms with Crippen LogP contribution in [0.2, 0.25) is 0 Å². The zero-order valence-corrected chi connectivity index (χ0v) is 12.4. The number of aromatic nitrogens is 2. The van der Waals surface area contributed by atoms with Gasteiger partial charge in [-0.3, -0.25) is 0 Å². The summed E-state index contributed by atoms with van der Waals surface area (Å²) in [6.07, 6.45) is 4.92. The maximum Gasteiger partial charge on any atom is 0.279 e. The lowest BCUT2D eigenvalue weighted by Crippen LogP contribution is -2.40. The molecule has 0 unspecified atom stereocenters. The summed E-state index contributed by atoms with van der Waals surface area (Å²) < 4.78 is 32.3. The quantitative estimate of drug-likeness (QED) is 0.566. The molecule has 2 N–H and O–H groups in total. The molecule has 1 aromatic rings. The highest BCUT2D eigenvalue weighted by atomic mass is 32.2. The Balaban J connectivity index is 1.62. The third kappa shape index (κ3) is 5.16. The van der Waals surface area contributed by atoms with Crippen molar-refractivity contribution in [3.63, 3.8) is 0 Å². The van der Waals surface area contributed by atoms with Crippen molar-refractivity contribution in [3.05, 3.63) is 12.2 Å². The van der Waals surface area contributed by atoms with E-state index in [1.165, 1.54) is 23.5 Å². The summed E-state index contributed by atoms with van der Waals surface area (Å²) in [6.45, 7) is 1.61. The fourth-order valence-electron chi connectivity index (χ4n) is 1.72. The third-order valence-corrected chi connectivity index (χ3v) is 4.68. The van der Waals surface area contributed by atoms with Crippen molar-refractivity contribution >= 4 is 10.2 Å². The second-order valence-corrected chi connectivity index (χ2v) is 6.76. The Morgan fingerprint density at radius 3 is 2.90 bits per heavy atom. The Hall–Kier alpha value is -1.03. The Labute approximate surface area is 119 Å². The first-order chi connectivity index (χ1) is 9.58. The summed E-state index contributed by atoms with van der Waals surface area (Å²) in [5.41, 5.74) is 0. The molecule has 0 spiro atoms. The Kier molecular flexibility index (Phi) is 5.46. The molecule has 1 aromatic heterocycles. The molecule has 2 rings (SSSR count). The molecule has 1 heterocycles. The summed E-state index contributed by atoms with van der Waals surface area (Å²) >= 11 is 0. The molecule has 0 saturated heterocycles. The highest BCUT2D eigenvalue weighted by molar-refractivity contribution is 7.87. The van der Waals surface area contributed by atoms with Crippen molar-refractivity contribution in [3.8, 4) is 0 Å². The van der Waals surface area contributed by atoms with E-state index in [1.807, 2.05) is 0 Å². The van der Waals surface area contributed by atoms with Crippen LogP contribution in [0, 0.1) is 0 Å². The van der Waals surface area contributed by atoms with Gasteiger partial charge in [-0.25, -0.2) is 4.72 Å². The molecular weight excluding hydrogens is 282 g/mol. The summed E-state index contributed by atoms with van der Waals surface area (Å²) in [7, 11) is -1.85. The van der Waals surface area contributed by atoms with Crippen molar-refractivity contribution in [1.82, 2.24) is 24.5 Å². The van der Waals surface area contributed by atoms with Gasteiger partial charge in [-0.05, 0) is 25.8 Å². The van der Waals surface area contributed by atoms with Crippen LogP contribution in [-0.2, 0) is 16.6 Å². The van der Waals surface area contributed by atoms with Gasteiger partial charge in [0.05, 0.1) is 0 Å². The second-order valence-electron chi connectivity index (χ2n) is 4.90. The van der Waals surface area contributed by atoms with Crippen molar-refractivity contribution in [2.24, 2.45) is 0 Å². The van der Waals surface area contributed by atoms with E-state index in [0.717, 1.165) is 13.0 Å². The van der Waals surface area contributed by atoms with E-state index in [0.29, 0.717) is 24.8 Å². The van der Waals surface area contributed by atoms with E-state index in [-0.39, 0.29) is 6.54 Å². The van der Waals surface area contributed by atoms with E-state index >= 15 is 0 Å². The van der Waals surface area contributed by atoms with Crippen LogP contribution < -0.4 is 10.0 Å². The SMILES string of the molecule is CN(CCCNC1CC1)S(=O)(=O)NCCc1ncon1. The first-order valence-corrected chi connectivity index (χ1v) is 8.21. The molecule has 114 valence electrons. The van der Waals surface area contributed by atoms with Gasteiger partial charge in [-0.2, -0.15) is 17.7 Å². The zero-order chi connectivity index (χ0) is 14.4. The molecule has 0 aliphatic heterocycles. The van der Waals surface area contributed by atoms with Gasteiger partial charge in [-0.15, -0.1) is 0 Å². The smallest absolute Gasteiger partial charge is 0.279 e. The number of hydrogen-bond donors (Lipinski definition) is 2. The van der Waals surface area contributed by atoms with E-state index in [9.17, 15) is 8.42 Å². The average molecular weight is 303 g/mol. The van der Waals surface area contributed by atoms with Gasteiger partial charge in [-0.1, -0.05) is 5.16 Å². The van der Waals surface area contributed by atoms with Crippen LogP contribution in [0.4, 0.5) is 0 Å². The third-order valence-electron chi connectivity index (χ3n) is 3.11. The van der Waals surface area contributed by atoms with E-state index in [2.05, 4.69) is 24.7 Å². The Morgan fingerprint density at radius 2 is 2.25 bits per heavy atom. The fraction of sp³-hybridized carbons (Fsp3) is 0.818. The van der Waals surface area contributed by atoms with Gasteiger partial charge in [0, 0.05) is 32.6 Å². The predicted molar refractivity (Wildman–Crippen MR) is 73.2 cm³/mol. The Bertz CT molecular complexity index is 486. The van der Waals surface area contributed by atoms with Crippen LogP contribution in [0.1, 0.15) is 25.1 Å². The van der Waals surface area contributed by atoms with Crippen LogP contribution >= 0.6 is 0 Å². The largest absolute Gasteiger partial charge is 0.343 e. The summed E-state index contributed by atoms with van der Waals surface area (Å²) in [4.78, 5) is 3.83.